The molecule has 0 aromatic heterocycles. The number of hydrogen-bond donors (Lipinski definition) is 2. The Kier molecular flexibility index (Phi) is 3.53. The second kappa shape index (κ2) is 5.35. The summed E-state index contributed by atoms with van der Waals surface area (Å²) in [6.07, 6.45) is 5.09. The number of anilines is 1. The Hall–Kier alpha value is -2.11. The highest BCUT2D eigenvalue weighted by atomic mass is 16.6. The van der Waals surface area contributed by atoms with E-state index in [4.69, 9.17) is 0 Å². The molecule has 0 heterocycles. The van der Waals surface area contributed by atoms with Gasteiger partial charge in [-0.3, -0.25) is 10.1 Å². The molecule has 6 nitrogen and oxygen atoms in total. The summed E-state index contributed by atoms with van der Waals surface area (Å²) in [6, 6.07) is 3.96. The van der Waals surface area contributed by atoms with E-state index in [0.29, 0.717) is 11.6 Å². The zero-order valence-electron chi connectivity index (χ0n) is 11.6. The van der Waals surface area contributed by atoms with Gasteiger partial charge < -0.3 is 10.4 Å². The van der Waals surface area contributed by atoms with E-state index in [2.05, 4.69) is 5.32 Å². The Balaban J connectivity index is 1.74. The van der Waals surface area contributed by atoms with E-state index in [1.165, 1.54) is 37.8 Å². The Labute approximate surface area is 122 Å². The average molecular weight is 290 g/mol. The fraction of sp³-hybridized carbons (Fsp3) is 0.533. The number of aromatic carboxylic acids is 1. The number of nitrogens with one attached hydrogen (secondary N) is 1. The third-order valence-electron chi connectivity index (χ3n) is 4.43. The molecule has 0 saturated heterocycles. The van der Waals surface area contributed by atoms with Gasteiger partial charge in [0.2, 0.25) is 0 Å². The quantitative estimate of drug-likeness (QED) is 0.594. The lowest BCUT2D eigenvalue weighted by Crippen LogP contribution is -2.19. The van der Waals surface area contributed by atoms with Gasteiger partial charge in [-0.05, 0) is 49.5 Å². The highest BCUT2D eigenvalue weighted by molar-refractivity contribution is 5.95. The standard InChI is InChI=1S/C15H18N2O4/c18-15(19)12-7-11(17(20)21)5-6-14(12)16-8-13(9-1-2-9)10-3-4-10/h5-7,9-10,13,16H,1-4,8H2,(H,18,19). The van der Waals surface area contributed by atoms with Crippen LogP contribution in [0.3, 0.4) is 0 Å². The molecule has 112 valence electrons. The molecule has 0 bridgehead atoms. The Morgan fingerprint density at radius 2 is 1.95 bits per heavy atom. The molecule has 21 heavy (non-hydrogen) atoms. The first-order valence-corrected chi connectivity index (χ1v) is 7.32. The molecule has 2 aliphatic carbocycles. The van der Waals surface area contributed by atoms with Gasteiger partial charge in [-0.2, -0.15) is 0 Å². The van der Waals surface area contributed by atoms with Crippen LogP contribution in [-0.4, -0.2) is 22.5 Å². The second-order valence-corrected chi connectivity index (χ2v) is 6.01. The zero-order chi connectivity index (χ0) is 15.0. The lowest BCUT2D eigenvalue weighted by Gasteiger charge is -2.18. The molecule has 0 amide bonds. The van der Waals surface area contributed by atoms with Crippen LogP contribution in [0.5, 0.6) is 0 Å². The third kappa shape index (κ3) is 3.15. The monoisotopic (exact) mass is 290 g/mol. The molecule has 0 atom stereocenters. The number of benzene rings is 1. The fourth-order valence-electron chi connectivity index (χ4n) is 2.97. The minimum atomic E-state index is -1.14. The predicted molar refractivity (Wildman–Crippen MR) is 77.5 cm³/mol. The summed E-state index contributed by atoms with van der Waals surface area (Å²) in [5.74, 6) is 1.02. The molecular formula is C15H18N2O4. The molecule has 2 N–H and O–H groups in total. The molecular weight excluding hydrogens is 272 g/mol. The summed E-state index contributed by atoms with van der Waals surface area (Å²) < 4.78 is 0. The normalized spacial score (nSPS) is 17.8. The maximum Gasteiger partial charge on any atom is 0.338 e. The number of carbonyl (C=O) groups is 1. The average Bonchev–Trinajstić information content (AvgIpc) is 3.32. The van der Waals surface area contributed by atoms with Crippen molar-refractivity contribution in [2.75, 3.05) is 11.9 Å². The molecule has 0 spiro atoms. The first-order valence-electron chi connectivity index (χ1n) is 7.32. The number of nitro groups is 1. The van der Waals surface area contributed by atoms with Crippen LogP contribution in [0.15, 0.2) is 18.2 Å². The summed E-state index contributed by atoms with van der Waals surface area (Å²) in [5.41, 5.74) is 0.243. The van der Waals surface area contributed by atoms with Crippen LogP contribution in [0.1, 0.15) is 36.0 Å². The molecule has 1 aromatic rings. The Morgan fingerprint density at radius 3 is 2.43 bits per heavy atom. The smallest absolute Gasteiger partial charge is 0.338 e. The van der Waals surface area contributed by atoms with Gasteiger partial charge >= 0.3 is 5.97 Å². The van der Waals surface area contributed by atoms with Gasteiger partial charge in [-0.25, -0.2) is 4.79 Å². The zero-order valence-corrected chi connectivity index (χ0v) is 11.6. The number of rotatable bonds is 7. The van der Waals surface area contributed by atoms with E-state index in [-0.39, 0.29) is 11.3 Å². The molecule has 0 radical (unpaired) electrons. The number of hydrogen-bond acceptors (Lipinski definition) is 4. The van der Waals surface area contributed by atoms with E-state index < -0.39 is 10.9 Å². The second-order valence-electron chi connectivity index (χ2n) is 6.01. The first-order chi connectivity index (χ1) is 10.1. The van der Waals surface area contributed by atoms with Crippen molar-refractivity contribution < 1.29 is 14.8 Å². The summed E-state index contributed by atoms with van der Waals surface area (Å²) >= 11 is 0. The molecule has 0 aliphatic heterocycles. The van der Waals surface area contributed by atoms with Crippen molar-refractivity contribution >= 4 is 17.3 Å². The molecule has 1 aromatic carbocycles. The van der Waals surface area contributed by atoms with Gasteiger partial charge in [0, 0.05) is 24.4 Å². The van der Waals surface area contributed by atoms with Crippen molar-refractivity contribution in [2.24, 2.45) is 17.8 Å². The predicted octanol–water partition coefficient (Wildman–Crippen LogP) is 3.14. The Bertz CT molecular complexity index is 567. The van der Waals surface area contributed by atoms with Crippen molar-refractivity contribution in [1.82, 2.24) is 0 Å². The van der Waals surface area contributed by atoms with Crippen LogP contribution >= 0.6 is 0 Å². The highest BCUT2D eigenvalue weighted by Gasteiger charge is 2.41. The van der Waals surface area contributed by atoms with Gasteiger partial charge in [0.25, 0.3) is 5.69 Å². The number of nitrogens with zero attached hydrogens (tertiary/aromatic N) is 1. The largest absolute Gasteiger partial charge is 0.478 e. The van der Waals surface area contributed by atoms with Crippen LogP contribution in [0.25, 0.3) is 0 Å². The van der Waals surface area contributed by atoms with Crippen molar-refractivity contribution in [3.05, 3.63) is 33.9 Å². The lowest BCUT2D eigenvalue weighted by atomic mass is 9.97. The van der Waals surface area contributed by atoms with E-state index >= 15 is 0 Å². The minimum absolute atomic E-state index is 0.0328. The van der Waals surface area contributed by atoms with Gasteiger partial charge in [0.15, 0.2) is 0 Å². The van der Waals surface area contributed by atoms with E-state index in [9.17, 15) is 20.0 Å². The summed E-state index contributed by atoms with van der Waals surface area (Å²) in [5, 5.41) is 23.2. The number of nitro benzene ring substituents is 1. The third-order valence-corrected chi connectivity index (χ3v) is 4.43. The first kappa shape index (κ1) is 13.9. The number of carboxylic acids is 1. The molecule has 2 fully saturated rings. The van der Waals surface area contributed by atoms with Gasteiger partial charge in [0.05, 0.1) is 10.5 Å². The van der Waals surface area contributed by atoms with Crippen LogP contribution in [0.2, 0.25) is 0 Å². The van der Waals surface area contributed by atoms with Gasteiger partial charge in [-0.15, -0.1) is 0 Å². The minimum Gasteiger partial charge on any atom is -0.478 e. The van der Waals surface area contributed by atoms with Crippen LogP contribution in [-0.2, 0) is 0 Å². The van der Waals surface area contributed by atoms with Crippen LogP contribution < -0.4 is 5.32 Å². The van der Waals surface area contributed by atoms with Gasteiger partial charge in [-0.1, -0.05) is 0 Å². The molecule has 2 aliphatic rings. The maximum absolute atomic E-state index is 11.3. The summed E-state index contributed by atoms with van der Waals surface area (Å²) in [4.78, 5) is 21.4. The lowest BCUT2D eigenvalue weighted by molar-refractivity contribution is -0.384. The molecule has 3 rings (SSSR count). The maximum atomic E-state index is 11.3. The summed E-state index contributed by atoms with van der Waals surface area (Å²) in [7, 11) is 0. The van der Waals surface area contributed by atoms with E-state index in [0.717, 1.165) is 24.4 Å². The molecule has 0 unspecified atom stereocenters. The number of non-ortho nitro benzene ring substituents is 1. The van der Waals surface area contributed by atoms with Crippen molar-refractivity contribution in [3.63, 3.8) is 0 Å². The fourth-order valence-corrected chi connectivity index (χ4v) is 2.97. The number of carboxylic acid groups (broad SMARTS) is 1. The van der Waals surface area contributed by atoms with Gasteiger partial charge in [0.1, 0.15) is 0 Å². The van der Waals surface area contributed by atoms with Crippen LogP contribution in [0, 0.1) is 27.9 Å². The Morgan fingerprint density at radius 1 is 1.33 bits per heavy atom. The van der Waals surface area contributed by atoms with Crippen molar-refractivity contribution in [1.29, 1.82) is 0 Å². The van der Waals surface area contributed by atoms with Crippen molar-refractivity contribution in [3.8, 4) is 0 Å². The van der Waals surface area contributed by atoms with E-state index in [1.54, 1.807) is 0 Å². The van der Waals surface area contributed by atoms with Crippen molar-refractivity contribution in [2.45, 2.75) is 25.7 Å². The highest BCUT2D eigenvalue weighted by Crippen LogP contribution is 2.49. The topological polar surface area (TPSA) is 92.5 Å². The SMILES string of the molecule is O=C(O)c1cc([N+](=O)[O-])ccc1NCC(C1CC1)C1CC1. The van der Waals surface area contributed by atoms with E-state index in [1.807, 2.05) is 0 Å². The van der Waals surface area contributed by atoms with Crippen LogP contribution in [0.4, 0.5) is 11.4 Å². The molecule has 6 heteroatoms. The summed E-state index contributed by atoms with van der Waals surface area (Å²) in [6.45, 7) is 0.757. The molecule has 2 saturated carbocycles.